The number of amides is 4. The summed E-state index contributed by atoms with van der Waals surface area (Å²) in [4.78, 5) is 45.1. The summed E-state index contributed by atoms with van der Waals surface area (Å²) in [6.45, 7) is 10.4. The highest BCUT2D eigenvalue weighted by Gasteiger charge is 2.36. The number of benzodiazepines with no additional fused rings is 1. The number of aliphatic imine (C=N–C) groups is 1. The van der Waals surface area contributed by atoms with E-state index in [1.165, 1.54) is 24.3 Å². The average Bonchev–Trinajstić information content (AvgIpc) is 2.88. The smallest absolute Gasteiger partial charge is 0.308 e. The van der Waals surface area contributed by atoms with Crippen LogP contribution in [-0.2, 0) is 14.8 Å². The van der Waals surface area contributed by atoms with Crippen molar-refractivity contribution >= 4 is 45.0 Å². The molecule has 2 aromatic carbocycles. The first-order valence-electron chi connectivity index (χ1n) is 11.8. The van der Waals surface area contributed by atoms with Crippen LogP contribution in [-0.4, -0.2) is 50.9 Å². The number of hydrogen-bond donors (Lipinski definition) is 3. The Morgan fingerprint density at radius 2 is 1.76 bits per heavy atom. The van der Waals surface area contributed by atoms with E-state index in [-0.39, 0.29) is 23.1 Å². The van der Waals surface area contributed by atoms with Crippen LogP contribution in [0, 0.1) is 11.3 Å². The fraction of sp³-hybridized carbons (Fsp3) is 0.385. The van der Waals surface area contributed by atoms with Gasteiger partial charge < -0.3 is 15.5 Å². The standard InChI is InChI=1S/C26H33N5O5S/c1-16(2)15-31-20-13-8-7-12-19(20)21(26(3,4)5)28-22(24(31)33)29-25(34)27-18-11-9-10-17(14-18)23(32)30-37(6,35)36/h7-14,16,22H,15H2,1-6H3,(H,30,32)(H2,27,29,34). The molecule has 0 aromatic heterocycles. The van der Waals surface area contributed by atoms with Gasteiger partial charge in [0.2, 0.25) is 16.2 Å². The van der Waals surface area contributed by atoms with Crippen LogP contribution in [0.15, 0.2) is 53.5 Å². The van der Waals surface area contributed by atoms with Crippen LogP contribution in [0.5, 0.6) is 0 Å². The number of urea groups is 1. The van der Waals surface area contributed by atoms with Gasteiger partial charge >= 0.3 is 6.03 Å². The van der Waals surface area contributed by atoms with Crippen molar-refractivity contribution in [2.24, 2.45) is 16.3 Å². The summed E-state index contributed by atoms with van der Waals surface area (Å²) >= 11 is 0. The van der Waals surface area contributed by atoms with Crippen LogP contribution in [0.4, 0.5) is 16.2 Å². The van der Waals surface area contributed by atoms with Crippen LogP contribution in [0.25, 0.3) is 0 Å². The van der Waals surface area contributed by atoms with Crippen LogP contribution in [0.2, 0.25) is 0 Å². The van der Waals surface area contributed by atoms with Gasteiger partial charge in [-0.2, -0.15) is 0 Å². The summed E-state index contributed by atoms with van der Waals surface area (Å²) < 4.78 is 24.6. The third-order valence-corrected chi connectivity index (χ3v) is 5.95. The molecule has 1 unspecified atom stereocenters. The first kappa shape index (κ1) is 27.9. The molecule has 3 rings (SSSR count). The first-order valence-corrected chi connectivity index (χ1v) is 13.7. The Hall–Kier alpha value is -3.73. The minimum absolute atomic E-state index is 0.0420. The molecule has 11 heteroatoms. The van der Waals surface area contributed by atoms with Crippen molar-refractivity contribution in [1.82, 2.24) is 10.0 Å². The molecule has 198 valence electrons. The van der Waals surface area contributed by atoms with E-state index in [4.69, 9.17) is 4.99 Å². The molecule has 4 amide bonds. The third kappa shape index (κ3) is 7.16. The fourth-order valence-electron chi connectivity index (χ4n) is 3.93. The molecule has 0 radical (unpaired) electrons. The van der Waals surface area contributed by atoms with Crippen molar-refractivity contribution in [3.8, 4) is 0 Å². The Morgan fingerprint density at radius 1 is 1.08 bits per heavy atom. The molecule has 0 spiro atoms. The summed E-state index contributed by atoms with van der Waals surface area (Å²) in [5, 5.41) is 5.26. The zero-order chi connectivity index (χ0) is 27.5. The van der Waals surface area contributed by atoms with Gasteiger partial charge in [-0.15, -0.1) is 0 Å². The van der Waals surface area contributed by atoms with Crippen molar-refractivity contribution in [3.63, 3.8) is 0 Å². The minimum atomic E-state index is -3.75. The number of benzene rings is 2. The van der Waals surface area contributed by atoms with Gasteiger partial charge in [-0.1, -0.05) is 58.9 Å². The maximum Gasteiger partial charge on any atom is 0.321 e. The van der Waals surface area contributed by atoms with Gasteiger partial charge in [-0.05, 0) is 30.2 Å². The van der Waals surface area contributed by atoms with Gasteiger partial charge in [0.05, 0.1) is 17.7 Å². The number of carbonyl (C=O) groups excluding carboxylic acids is 3. The number of hydrogen-bond acceptors (Lipinski definition) is 6. The van der Waals surface area contributed by atoms with E-state index in [0.717, 1.165) is 17.5 Å². The van der Waals surface area contributed by atoms with Gasteiger partial charge in [0.1, 0.15) is 0 Å². The van der Waals surface area contributed by atoms with E-state index in [9.17, 15) is 22.8 Å². The zero-order valence-electron chi connectivity index (χ0n) is 21.8. The van der Waals surface area contributed by atoms with Crippen molar-refractivity contribution in [2.45, 2.75) is 40.8 Å². The molecule has 0 aliphatic carbocycles. The first-order chi connectivity index (χ1) is 17.2. The minimum Gasteiger partial charge on any atom is -0.308 e. The molecule has 3 N–H and O–H groups in total. The van der Waals surface area contributed by atoms with E-state index < -0.39 is 33.5 Å². The van der Waals surface area contributed by atoms with Crippen molar-refractivity contribution in [3.05, 3.63) is 59.7 Å². The number of sulfonamides is 1. The van der Waals surface area contributed by atoms with E-state index in [1.54, 1.807) is 4.90 Å². The lowest BCUT2D eigenvalue weighted by Gasteiger charge is -2.27. The molecule has 0 fully saturated rings. The monoisotopic (exact) mass is 527 g/mol. The molecule has 0 saturated carbocycles. The molecule has 10 nitrogen and oxygen atoms in total. The maximum atomic E-state index is 13.6. The number of fused-ring (bicyclic) bond motifs is 1. The predicted octanol–water partition coefficient (Wildman–Crippen LogP) is 3.36. The quantitative estimate of drug-likeness (QED) is 0.529. The van der Waals surface area contributed by atoms with Crippen molar-refractivity contribution in [1.29, 1.82) is 0 Å². The number of para-hydroxylation sites is 1. The second-order valence-electron chi connectivity index (χ2n) is 10.4. The molecule has 1 aliphatic rings. The molecule has 0 saturated heterocycles. The SMILES string of the molecule is CC(C)CN1C(=O)C(NC(=O)Nc2cccc(C(=O)NS(C)(=O)=O)c2)N=C(C(C)(C)C)c2ccccc21. The summed E-state index contributed by atoms with van der Waals surface area (Å²) in [6, 6.07) is 12.7. The topological polar surface area (TPSA) is 137 Å². The molecule has 1 heterocycles. The molecular weight excluding hydrogens is 494 g/mol. The van der Waals surface area contributed by atoms with Gasteiger partial charge in [-0.25, -0.2) is 17.9 Å². The lowest BCUT2D eigenvalue weighted by Crippen LogP contribution is -2.49. The summed E-state index contributed by atoms with van der Waals surface area (Å²) in [6.07, 6.45) is -0.311. The molecule has 37 heavy (non-hydrogen) atoms. The predicted molar refractivity (Wildman–Crippen MR) is 144 cm³/mol. The Bertz CT molecular complexity index is 1350. The number of nitrogens with one attached hydrogen (secondary N) is 3. The number of nitrogens with zero attached hydrogens (tertiary/aromatic N) is 2. The van der Waals surface area contributed by atoms with Crippen molar-refractivity contribution < 1.29 is 22.8 Å². The van der Waals surface area contributed by atoms with E-state index in [0.29, 0.717) is 12.3 Å². The Balaban J connectivity index is 1.90. The largest absolute Gasteiger partial charge is 0.321 e. The fourth-order valence-corrected chi connectivity index (χ4v) is 4.39. The number of carbonyl (C=O) groups is 3. The maximum absolute atomic E-state index is 13.6. The summed E-state index contributed by atoms with van der Waals surface area (Å²) in [5.74, 6) is -1.02. The highest BCUT2D eigenvalue weighted by molar-refractivity contribution is 7.89. The van der Waals surface area contributed by atoms with Crippen LogP contribution in [0.1, 0.15) is 50.5 Å². The Kier molecular flexibility index (Phi) is 8.06. The van der Waals surface area contributed by atoms with E-state index >= 15 is 0 Å². The molecule has 0 bridgehead atoms. The highest BCUT2D eigenvalue weighted by Crippen LogP contribution is 2.33. The molecular formula is C26H33N5O5S. The summed E-state index contributed by atoms with van der Waals surface area (Å²) in [7, 11) is -3.75. The van der Waals surface area contributed by atoms with Crippen LogP contribution < -0.4 is 20.3 Å². The van der Waals surface area contributed by atoms with Gasteiger partial charge in [0.25, 0.3) is 11.8 Å². The zero-order valence-corrected chi connectivity index (χ0v) is 22.6. The van der Waals surface area contributed by atoms with Crippen LogP contribution in [0.3, 0.4) is 0 Å². The van der Waals surface area contributed by atoms with Gasteiger partial charge in [0.15, 0.2) is 0 Å². The van der Waals surface area contributed by atoms with E-state index in [2.05, 4.69) is 10.6 Å². The van der Waals surface area contributed by atoms with Gasteiger partial charge in [-0.3, -0.25) is 14.6 Å². The molecule has 1 atom stereocenters. The second-order valence-corrected chi connectivity index (χ2v) is 12.1. The van der Waals surface area contributed by atoms with Crippen LogP contribution >= 0.6 is 0 Å². The third-order valence-electron chi connectivity index (χ3n) is 5.39. The Morgan fingerprint density at radius 3 is 2.38 bits per heavy atom. The lowest BCUT2D eigenvalue weighted by molar-refractivity contribution is -0.120. The Labute approximate surface area is 217 Å². The molecule has 2 aromatic rings. The average molecular weight is 528 g/mol. The highest BCUT2D eigenvalue weighted by atomic mass is 32.2. The number of anilines is 2. The summed E-state index contributed by atoms with van der Waals surface area (Å²) in [5.41, 5.74) is 2.12. The van der Waals surface area contributed by atoms with Gasteiger partial charge in [0, 0.05) is 28.8 Å². The molecule has 1 aliphatic heterocycles. The van der Waals surface area contributed by atoms with E-state index in [1.807, 2.05) is 63.6 Å². The van der Waals surface area contributed by atoms with Crippen molar-refractivity contribution in [2.75, 3.05) is 23.0 Å². The number of rotatable bonds is 6. The normalized spacial score (nSPS) is 16.0. The lowest BCUT2D eigenvalue weighted by atomic mass is 9.84. The second kappa shape index (κ2) is 10.7.